The van der Waals surface area contributed by atoms with Crippen molar-refractivity contribution < 1.29 is 18.1 Å². The third-order valence-electron chi connectivity index (χ3n) is 5.37. The molecule has 0 radical (unpaired) electrons. The van der Waals surface area contributed by atoms with Crippen LogP contribution in [0, 0.1) is 10.1 Å². The Hall–Kier alpha value is -3.07. The summed E-state index contributed by atoms with van der Waals surface area (Å²) in [7, 11) is -4.41. The van der Waals surface area contributed by atoms with Crippen molar-refractivity contribution in [2.24, 2.45) is 0 Å². The van der Waals surface area contributed by atoms with E-state index < -0.39 is 42.7 Å². The third kappa shape index (κ3) is 5.70. The van der Waals surface area contributed by atoms with Crippen LogP contribution in [0.2, 0.25) is 0 Å². The van der Waals surface area contributed by atoms with E-state index in [4.69, 9.17) is 11.6 Å². The highest BCUT2D eigenvalue weighted by Gasteiger charge is 2.35. The van der Waals surface area contributed by atoms with Gasteiger partial charge in [0.1, 0.15) is 5.38 Å². The van der Waals surface area contributed by atoms with E-state index >= 15 is 0 Å². The highest BCUT2D eigenvalue weighted by atomic mass is 35.5. The first-order valence-corrected chi connectivity index (χ1v) is 12.4. The average Bonchev–Trinajstić information content (AvgIpc) is 2.81. The van der Waals surface area contributed by atoms with Crippen molar-refractivity contribution in [2.75, 3.05) is 0 Å². The summed E-state index contributed by atoms with van der Waals surface area (Å²) in [5.41, 5.74) is 1.08. The van der Waals surface area contributed by atoms with Crippen LogP contribution in [-0.2, 0) is 15.4 Å². The molecular weight excluding hydrogens is 476 g/mol. The van der Waals surface area contributed by atoms with Crippen LogP contribution >= 0.6 is 11.6 Å². The van der Waals surface area contributed by atoms with Crippen molar-refractivity contribution in [1.82, 2.24) is 4.72 Å². The lowest BCUT2D eigenvalue weighted by atomic mass is 9.86. The summed E-state index contributed by atoms with van der Waals surface area (Å²) in [5.74, 6) is -0.475. The van der Waals surface area contributed by atoms with Gasteiger partial charge in [0.25, 0.3) is 5.69 Å². The fourth-order valence-corrected chi connectivity index (χ4v) is 5.28. The van der Waals surface area contributed by atoms with Gasteiger partial charge in [-0.2, -0.15) is 0 Å². The highest BCUT2D eigenvalue weighted by Crippen LogP contribution is 2.31. The molecule has 0 spiro atoms. The van der Waals surface area contributed by atoms with Crippen LogP contribution in [0.3, 0.4) is 0 Å². The van der Waals surface area contributed by atoms with Crippen LogP contribution in [0.1, 0.15) is 48.3 Å². The van der Waals surface area contributed by atoms with Gasteiger partial charge in [0.15, 0.2) is 10.7 Å². The van der Waals surface area contributed by atoms with Gasteiger partial charge in [0, 0.05) is 11.6 Å². The summed E-state index contributed by atoms with van der Waals surface area (Å²) in [6.45, 7) is 6.13. The number of carbonyl (C=O) groups excluding carboxylic acids is 1. The molecule has 0 amide bonds. The van der Waals surface area contributed by atoms with Crippen molar-refractivity contribution in [3.8, 4) is 0 Å². The average molecular weight is 501 g/mol. The minimum atomic E-state index is -4.41. The number of Topliss-reactive ketones (excluding diaryl/α,β-unsaturated/α-hetero) is 1. The molecule has 3 aromatic carbocycles. The van der Waals surface area contributed by atoms with Crippen LogP contribution in [0.25, 0.3) is 0 Å². The molecule has 2 atom stereocenters. The predicted octanol–water partition coefficient (Wildman–Crippen LogP) is 5.40. The lowest BCUT2D eigenvalue weighted by Crippen LogP contribution is -2.38. The number of nitrogens with one attached hydrogen (secondary N) is 1. The largest absolute Gasteiger partial charge is 0.292 e. The maximum Gasteiger partial charge on any atom is 0.289 e. The normalized spacial score (nSPS) is 13.8. The summed E-state index contributed by atoms with van der Waals surface area (Å²) >= 11 is 6.58. The van der Waals surface area contributed by atoms with Gasteiger partial charge in [-0.05, 0) is 22.6 Å². The smallest absolute Gasteiger partial charge is 0.289 e. The molecule has 0 heterocycles. The second-order valence-electron chi connectivity index (χ2n) is 8.83. The Morgan fingerprint density at radius 3 is 2.06 bits per heavy atom. The van der Waals surface area contributed by atoms with E-state index in [0.717, 1.165) is 17.7 Å². The first-order valence-electron chi connectivity index (χ1n) is 10.5. The quantitative estimate of drug-likeness (QED) is 0.193. The standard InChI is InChI=1S/C25H25ClN2O5S/c1-25(2,3)19-15-13-17(14-16-19)23(22(26)24(29)18-9-5-4-6-10-18)27-34(32,33)21-12-8-7-11-20(21)28(30)31/h4-16,22-23,27H,1-3H3/t22-,23-/m1/s1. The van der Waals surface area contributed by atoms with Crippen LogP contribution < -0.4 is 4.72 Å². The van der Waals surface area contributed by atoms with Gasteiger partial charge in [0.2, 0.25) is 10.0 Å². The van der Waals surface area contributed by atoms with Crippen LogP contribution in [0.15, 0.2) is 83.8 Å². The number of alkyl halides is 1. The van der Waals surface area contributed by atoms with Crippen molar-refractivity contribution in [2.45, 2.75) is 42.5 Å². The van der Waals surface area contributed by atoms with E-state index in [2.05, 4.69) is 4.72 Å². The van der Waals surface area contributed by atoms with E-state index in [1.165, 1.54) is 12.1 Å². The van der Waals surface area contributed by atoms with E-state index in [-0.39, 0.29) is 5.41 Å². The monoisotopic (exact) mass is 500 g/mol. The number of para-hydroxylation sites is 1. The van der Waals surface area contributed by atoms with Crippen LogP contribution in [-0.4, -0.2) is 24.5 Å². The zero-order valence-electron chi connectivity index (χ0n) is 18.9. The number of hydrogen-bond acceptors (Lipinski definition) is 5. The maximum absolute atomic E-state index is 13.2. The number of carbonyl (C=O) groups is 1. The van der Waals surface area contributed by atoms with Gasteiger partial charge in [-0.3, -0.25) is 14.9 Å². The molecule has 178 valence electrons. The molecule has 3 aromatic rings. The molecule has 0 aliphatic heterocycles. The van der Waals surface area contributed by atoms with E-state index in [1.807, 2.05) is 32.9 Å². The minimum Gasteiger partial charge on any atom is -0.292 e. The summed E-state index contributed by atoms with van der Waals surface area (Å²) in [6.07, 6.45) is 0. The Kier molecular flexibility index (Phi) is 7.55. The first kappa shape index (κ1) is 25.6. The number of rotatable bonds is 8. The van der Waals surface area contributed by atoms with Gasteiger partial charge in [-0.25, -0.2) is 13.1 Å². The molecule has 0 unspecified atom stereocenters. The van der Waals surface area contributed by atoms with Crippen molar-refractivity contribution in [3.63, 3.8) is 0 Å². The molecule has 0 saturated carbocycles. The molecule has 1 N–H and O–H groups in total. The summed E-state index contributed by atoms with van der Waals surface area (Å²) in [5, 5.41) is 10.1. The molecular formula is C25H25ClN2O5S. The van der Waals surface area contributed by atoms with Crippen molar-refractivity contribution in [1.29, 1.82) is 0 Å². The molecule has 34 heavy (non-hydrogen) atoms. The third-order valence-corrected chi connectivity index (χ3v) is 7.31. The Labute approximate surface area is 204 Å². The predicted molar refractivity (Wildman–Crippen MR) is 132 cm³/mol. The maximum atomic E-state index is 13.2. The lowest BCUT2D eigenvalue weighted by molar-refractivity contribution is -0.387. The molecule has 0 bridgehead atoms. The fourth-order valence-electron chi connectivity index (χ4n) is 3.47. The number of nitro benzene ring substituents is 1. The number of nitro groups is 1. The van der Waals surface area contributed by atoms with Crippen LogP contribution in [0.5, 0.6) is 0 Å². The second-order valence-corrected chi connectivity index (χ2v) is 11.0. The van der Waals surface area contributed by atoms with E-state index in [0.29, 0.717) is 11.1 Å². The molecule has 0 aliphatic rings. The zero-order valence-corrected chi connectivity index (χ0v) is 20.5. The van der Waals surface area contributed by atoms with Gasteiger partial charge in [-0.1, -0.05) is 87.5 Å². The Bertz CT molecular complexity index is 1290. The van der Waals surface area contributed by atoms with Gasteiger partial charge >= 0.3 is 0 Å². The van der Waals surface area contributed by atoms with Crippen molar-refractivity contribution >= 4 is 33.1 Å². The molecule has 7 nitrogen and oxygen atoms in total. The van der Waals surface area contributed by atoms with Gasteiger partial charge in [0.05, 0.1) is 11.0 Å². The number of nitrogens with zero attached hydrogens (tertiary/aromatic N) is 1. The number of sulfonamides is 1. The topological polar surface area (TPSA) is 106 Å². The van der Waals surface area contributed by atoms with Crippen LogP contribution in [0.4, 0.5) is 5.69 Å². The first-order chi connectivity index (χ1) is 15.9. The van der Waals surface area contributed by atoms with Crippen molar-refractivity contribution in [3.05, 3.63) is 106 Å². The molecule has 0 aliphatic carbocycles. The molecule has 9 heteroatoms. The molecule has 0 saturated heterocycles. The summed E-state index contributed by atoms with van der Waals surface area (Å²) in [4.78, 5) is 23.2. The molecule has 0 aromatic heterocycles. The zero-order chi connectivity index (χ0) is 25.1. The highest BCUT2D eigenvalue weighted by molar-refractivity contribution is 7.89. The Morgan fingerprint density at radius 2 is 1.50 bits per heavy atom. The van der Waals surface area contributed by atoms with E-state index in [9.17, 15) is 23.3 Å². The Morgan fingerprint density at radius 1 is 0.941 bits per heavy atom. The number of hydrogen-bond donors (Lipinski definition) is 1. The number of ketones is 1. The summed E-state index contributed by atoms with van der Waals surface area (Å²) < 4.78 is 28.9. The van der Waals surface area contributed by atoms with Gasteiger partial charge in [-0.15, -0.1) is 11.6 Å². The minimum absolute atomic E-state index is 0.140. The fraction of sp³-hybridized carbons (Fsp3) is 0.240. The SMILES string of the molecule is CC(C)(C)c1ccc([C@@H](NS(=O)(=O)c2ccccc2[N+](=O)[O-])[C@@H](Cl)C(=O)c2ccccc2)cc1. The lowest BCUT2D eigenvalue weighted by Gasteiger charge is -2.25. The Balaban J connectivity index is 2.06. The number of benzene rings is 3. The summed E-state index contributed by atoms with van der Waals surface area (Å²) in [6, 6.07) is 19.2. The molecule has 3 rings (SSSR count). The second kappa shape index (κ2) is 10.0. The van der Waals surface area contributed by atoms with E-state index in [1.54, 1.807) is 42.5 Å². The molecule has 0 fully saturated rings. The van der Waals surface area contributed by atoms with Gasteiger partial charge < -0.3 is 0 Å². The number of halogens is 1.